The van der Waals surface area contributed by atoms with E-state index in [2.05, 4.69) is 5.32 Å². The number of primary amides is 1. The predicted octanol–water partition coefficient (Wildman–Crippen LogP) is 1.61. The number of ketones is 1. The second-order valence-electron chi connectivity index (χ2n) is 7.19. The summed E-state index contributed by atoms with van der Waals surface area (Å²) in [5.41, 5.74) is 6.74. The van der Waals surface area contributed by atoms with Gasteiger partial charge in [0.1, 0.15) is 12.1 Å². The molecule has 0 bridgehead atoms. The van der Waals surface area contributed by atoms with Gasteiger partial charge in [-0.15, -0.1) is 0 Å². The zero-order chi connectivity index (χ0) is 21.7. The van der Waals surface area contributed by atoms with Crippen molar-refractivity contribution in [3.05, 3.63) is 70.7 Å². The second-order valence-corrected chi connectivity index (χ2v) is 7.62. The molecule has 3 rings (SSSR count). The molecule has 1 aliphatic heterocycles. The summed E-state index contributed by atoms with van der Waals surface area (Å²) in [5, 5.41) is 3.16. The highest BCUT2D eigenvalue weighted by molar-refractivity contribution is 6.38. The van der Waals surface area contributed by atoms with Crippen molar-refractivity contribution in [2.45, 2.75) is 37.9 Å². The number of amides is 3. The molecule has 2 aromatic carbocycles. The summed E-state index contributed by atoms with van der Waals surface area (Å²) in [5.74, 6) is -2.64. The lowest BCUT2D eigenvalue weighted by Crippen LogP contribution is -2.53. The van der Waals surface area contributed by atoms with Gasteiger partial charge in [-0.1, -0.05) is 54.1 Å². The number of likely N-dealkylation sites (tertiary alicyclic amines) is 1. The standard InChI is InChI=1S/C22H22ClN3O4/c23-16-8-4-7-15(11-16)13-26-18(9-10-19(26)27)22(30)25-17(20(28)21(24)29)12-14-5-2-1-3-6-14/h1-8,11,17-18H,9-10,12-13H2,(H2,24,29)(H,25,30). The maximum Gasteiger partial charge on any atom is 0.287 e. The van der Waals surface area contributed by atoms with Crippen LogP contribution in [-0.4, -0.2) is 40.5 Å². The molecule has 0 aliphatic carbocycles. The van der Waals surface area contributed by atoms with Crippen molar-refractivity contribution in [2.24, 2.45) is 5.73 Å². The van der Waals surface area contributed by atoms with Gasteiger partial charge < -0.3 is 16.0 Å². The number of rotatable bonds is 8. The molecule has 0 spiro atoms. The first-order valence-electron chi connectivity index (χ1n) is 9.57. The smallest absolute Gasteiger partial charge is 0.287 e. The summed E-state index contributed by atoms with van der Waals surface area (Å²) in [4.78, 5) is 50.5. The van der Waals surface area contributed by atoms with Gasteiger partial charge in [0.25, 0.3) is 5.91 Å². The Kier molecular flexibility index (Phi) is 6.84. The van der Waals surface area contributed by atoms with E-state index in [1.165, 1.54) is 4.90 Å². The Morgan fingerprint density at radius 2 is 1.80 bits per heavy atom. The highest BCUT2D eigenvalue weighted by Crippen LogP contribution is 2.23. The lowest BCUT2D eigenvalue weighted by molar-refractivity contribution is -0.140. The average molecular weight is 428 g/mol. The molecular weight excluding hydrogens is 406 g/mol. The van der Waals surface area contributed by atoms with Crippen LogP contribution in [0.5, 0.6) is 0 Å². The molecular formula is C22H22ClN3O4. The molecule has 3 N–H and O–H groups in total. The zero-order valence-corrected chi connectivity index (χ0v) is 17.0. The lowest BCUT2D eigenvalue weighted by atomic mass is 10.0. The first kappa shape index (κ1) is 21.5. The molecule has 0 radical (unpaired) electrons. The van der Waals surface area contributed by atoms with Gasteiger partial charge in [0.15, 0.2) is 0 Å². The molecule has 156 valence electrons. The fraction of sp³-hybridized carbons (Fsp3) is 0.273. The number of halogens is 1. The largest absolute Gasteiger partial charge is 0.363 e. The van der Waals surface area contributed by atoms with Crippen LogP contribution in [-0.2, 0) is 32.1 Å². The fourth-order valence-corrected chi connectivity index (χ4v) is 3.75. The van der Waals surface area contributed by atoms with E-state index in [0.29, 0.717) is 11.4 Å². The van der Waals surface area contributed by atoms with Crippen LogP contribution in [0.25, 0.3) is 0 Å². The van der Waals surface area contributed by atoms with E-state index in [9.17, 15) is 19.2 Å². The summed E-state index contributed by atoms with van der Waals surface area (Å²) in [6.45, 7) is 0.227. The highest BCUT2D eigenvalue weighted by Gasteiger charge is 2.38. The van der Waals surface area contributed by atoms with Gasteiger partial charge in [0.05, 0.1) is 0 Å². The van der Waals surface area contributed by atoms with E-state index < -0.39 is 29.7 Å². The zero-order valence-electron chi connectivity index (χ0n) is 16.2. The molecule has 1 heterocycles. The van der Waals surface area contributed by atoms with Crippen molar-refractivity contribution in [3.63, 3.8) is 0 Å². The Bertz CT molecular complexity index is 964. The van der Waals surface area contributed by atoms with E-state index >= 15 is 0 Å². The van der Waals surface area contributed by atoms with Crippen molar-refractivity contribution in [3.8, 4) is 0 Å². The van der Waals surface area contributed by atoms with Crippen LogP contribution in [0.1, 0.15) is 24.0 Å². The molecule has 0 aromatic heterocycles. The molecule has 1 saturated heterocycles. The van der Waals surface area contributed by atoms with E-state index in [1.807, 2.05) is 12.1 Å². The molecule has 1 aliphatic rings. The van der Waals surface area contributed by atoms with E-state index in [-0.39, 0.29) is 25.3 Å². The summed E-state index contributed by atoms with van der Waals surface area (Å²) < 4.78 is 0. The molecule has 7 nitrogen and oxygen atoms in total. The minimum atomic E-state index is -1.12. The molecule has 2 atom stereocenters. The monoisotopic (exact) mass is 427 g/mol. The van der Waals surface area contributed by atoms with Gasteiger partial charge in [-0.2, -0.15) is 0 Å². The van der Waals surface area contributed by atoms with Gasteiger partial charge in [-0.3, -0.25) is 19.2 Å². The summed E-state index contributed by atoms with van der Waals surface area (Å²) in [6.07, 6.45) is 0.684. The summed E-state index contributed by atoms with van der Waals surface area (Å²) >= 11 is 6.01. The number of nitrogens with zero attached hydrogens (tertiary/aromatic N) is 1. The van der Waals surface area contributed by atoms with Crippen molar-refractivity contribution in [1.29, 1.82) is 0 Å². The van der Waals surface area contributed by atoms with Crippen molar-refractivity contribution < 1.29 is 19.2 Å². The Labute approximate surface area is 179 Å². The van der Waals surface area contributed by atoms with Crippen LogP contribution in [0.4, 0.5) is 0 Å². The number of benzene rings is 2. The number of hydrogen-bond acceptors (Lipinski definition) is 4. The molecule has 8 heteroatoms. The number of carbonyl (C=O) groups excluding carboxylic acids is 4. The number of nitrogens with one attached hydrogen (secondary N) is 1. The average Bonchev–Trinajstić information content (AvgIpc) is 3.08. The van der Waals surface area contributed by atoms with Gasteiger partial charge in [0, 0.05) is 24.4 Å². The minimum absolute atomic E-state index is 0.128. The third-order valence-corrected chi connectivity index (χ3v) is 5.27. The van der Waals surface area contributed by atoms with Gasteiger partial charge >= 0.3 is 0 Å². The summed E-state index contributed by atoms with van der Waals surface area (Å²) in [6, 6.07) is 14.2. The quantitative estimate of drug-likeness (QED) is 0.623. The van der Waals surface area contributed by atoms with Crippen LogP contribution in [0, 0.1) is 0 Å². The molecule has 3 amide bonds. The maximum atomic E-state index is 13.0. The minimum Gasteiger partial charge on any atom is -0.363 e. The third kappa shape index (κ3) is 5.24. The lowest BCUT2D eigenvalue weighted by Gasteiger charge is -2.26. The SMILES string of the molecule is NC(=O)C(=O)C(Cc1ccccc1)NC(=O)C1CCC(=O)N1Cc1cccc(Cl)c1. The van der Waals surface area contributed by atoms with Crippen LogP contribution in [0.3, 0.4) is 0 Å². The highest BCUT2D eigenvalue weighted by atomic mass is 35.5. The molecule has 2 aromatic rings. The normalized spacial score (nSPS) is 16.9. The topological polar surface area (TPSA) is 110 Å². The van der Waals surface area contributed by atoms with E-state index in [4.69, 9.17) is 17.3 Å². The predicted molar refractivity (Wildman–Crippen MR) is 111 cm³/mol. The van der Waals surface area contributed by atoms with Crippen molar-refractivity contribution in [2.75, 3.05) is 0 Å². The number of Topliss-reactive ketones (excluding diaryl/α,β-unsaturated/α-hetero) is 1. The van der Waals surface area contributed by atoms with Gasteiger partial charge in [-0.05, 0) is 29.7 Å². The van der Waals surface area contributed by atoms with Gasteiger partial charge in [0.2, 0.25) is 17.6 Å². The Morgan fingerprint density at radius 1 is 1.10 bits per heavy atom. The molecule has 30 heavy (non-hydrogen) atoms. The Hall–Kier alpha value is -3.19. The van der Waals surface area contributed by atoms with E-state index in [1.54, 1.807) is 42.5 Å². The number of nitrogens with two attached hydrogens (primary N) is 1. The molecule has 0 saturated carbocycles. The maximum absolute atomic E-state index is 13.0. The molecule has 2 unspecified atom stereocenters. The van der Waals surface area contributed by atoms with Crippen LogP contribution in [0.15, 0.2) is 54.6 Å². The van der Waals surface area contributed by atoms with Crippen molar-refractivity contribution >= 4 is 35.1 Å². The second kappa shape index (κ2) is 9.54. The van der Waals surface area contributed by atoms with Crippen LogP contribution >= 0.6 is 11.6 Å². The van der Waals surface area contributed by atoms with Crippen LogP contribution < -0.4 is 11.1 Å². The Morgan fingerprint density at radius 3 is 2.47 bits per heavy atom. The van der Waals surface area contributed by atoms with Crippen LogP contribution in [0.2, 0.25) is 5.02 Å². The number of carbonyl (C=O) groups is 4. The first-order valence-corrected chi connectivity index (χ1v) is 9.95. The molecule has 1 fully saturated rings. The summed E-state index contributed by atoms with van der Waals surface area (Å²) in [7, 11) is 0. The van der Waals surface area contributed by atoms with Gasteiger partial charge in [-0.25, -0.2) is 0 Å². The number of hydrogen-bond donors (Lipinski definition) is 2. The van der Waals surface area contributed by atoms with E-state index in [0.717, 1.165) is 11.1 Å². The first-order chi connectivity index (χ1) is 14.3. The fourth-order valence-electron chi connectivity index (χ4n) is 3.54. The third-order valence-electron chi connectivity index (χ3n) is 5.03. The van der Waals surface area contributed by atoms with Crippen molar-refractivity contribution in [1.82, 2.24) is 10.2 Å². The Balaban J connectivity index is 1.75.